The number of esters is 1. The number of benzene rings is 1. The second-order valence-corrected chi connectivity index (χ2v) is 7.94. The topological polar surface area (TPSA) is 53.6 Å². The van der Waals surface area contributed by atoms with Gasteiger partial charge in [-0.15, -0.1) is 0 Å². The van der Waals surface area contributed by atoms with Crippen molar-refractivity contribution in [3.8, 4) is 0 Å². The molecule has 1 aromatic rings. The van der Waals surface area contributed by atoms with Crippen LogP contribution in [0.1, 0.15) is 37.0 Å². The molecule has 26 heavy (non-hydrogen) atoms. The van der Waals surface area contributed by atoms with Gasteiger partial charge in [-0.1, -0.05) is 25.4 Å². The molecule has 0 aliphatic carbocycles. The summed E-state index contributed by atoms with van der Waals surface area (Å²) in [4.78, 5) is 14.2. The van der Waals surface area contributed by atoms with Gasteiger partial charge in [0.05, 0.1) is 17.7 Å². The lowest BCUT2D eigenvalue weighted by atomic mass is 9.92. The maximum absolute atomic E-state index is 11.7. The van der Waals surface area contributed by atoms with Crippen molar-refractivity contribution < 1.29 is 9.53 Å². The van der Waals surface area contributed by atoms with Crippen LogP contribution in [0.5, 0.6) is 0 Å². The van der Waals surface area contributed by atoms with Crippen molar-refractivity contribution in [3.63, 3.8) is 0 Å². The summed E-state index contributed by atoms with van der Waals surface area (Å²) in [6.45, 7) is 8.92. The molecule has 1 heterocycles. The van der Waals surface area contributed by atoms with Crippen LogP contribution >= 0.6 is 23.8 Å². The molecule has 0 radical (unpaired) electrons. The number of hydrogen-bond donors (Lipinski definition) is 2. The average molecular weight is 398 g/mol. The Kier molecular flexibility index (Phi) is 8.13. The number of ether oxygens (including phenoxy) is 1. The monoisotopic (exact) mass is 397 g/mol. The average Bonchev–Trinajstić information content (AvgIpc) is 2.59. The second-order valence-electron chi connectivity index (χ2n) is 7.13. The number of piperidine rings is 1. The van der Waals surface area contributed by atoms with Crippen LogP contribution < -0.4 is 10.6 Å². The Morgan fingerprint density at radius 2 is 2.04 bits per heavy atom. The molecule has 0 saturated carbocycles. The van der Waals surface area contributed by atoms with E-state index in [4.69, 9.17) is 28.6 Å². The van der Waals surface area contributed by atoms with Crippen LogP contribution in [-0.4, -0.2) is 49.3 Å². The highest BCUT2D eigenvalue weighted by Gasteiger charge is 2.21. The van der Waals surface area contributed by atoms with Crippen LogP contribution in [0.3, 0.4) is 0 Å². The van der Waals surface area contributed by atoms with E-state index in [1.807, 2.05) is 0 Å². The Bertz CT molecular complexity index is 631. The predicted octanol–water partition coefficient (Wildman–Crippen LogP) is 3.78. The Morgan fingerprint density at radius 1 is 1.35 bits per heavy atom. The molecule has 1 saturated heterocycles. The Labute approximate surface area is 166 Å². The molecule has 2 N–H and O–H groups in total. The third kappa shape index (κ3) is 6.41. The number of nitrogens with one attached hydrogen (secondary N) is 2. The van der Waals surface area contributed by atoms with E-state index in [1.54, 1.807) is 18.2 Å². The van der Waals surface area contributed by atoms with Gasteiger partial charge in [-0.25, -0.2) is 4.79 Å². The van der Waals surface area contributed by atoms with Gasteiger partial charge in [-0.3, -0.25) is 0 Å². The molecular formula is C19H28ClN3O2S. The molecule has 0 spiro atoms. The summed E-state index contributed by atoms with van der Waals surface area (Å²) >= 11 is 11.3. The number of carbonyl (C=O) groups excluding carboxylic acids is 1. The van der Waals surface area contributed by atoms with Crippen LogP contribution in [0.25, 0.3) is 0 Å². The summed E-state index contributed by atoms with van der Waals surface area (Å²) in [5.41, 5.74) is 1.02. The highest BCUT2D eigenvalue weighted by Crippen LogP contribution is 2.22. The van der Waals surface area contributed by atoms with Crippen LogP contribution in [0.4, 0.5) is 5.69 Å². The van der Waals surface area contributed by atoms with Gasteiger partial charge in [0.15, 0.2) is 5.11 Å². The zero-order valence-corrected chi connectivity index (χ0v) is 17.3. The van der Waals surface area contributed by atoms with E-state index < -0.39 is 5.97 Å². The molecule has 0 amide bonds. The first-order valence-corrected chi connectivity index (χ1v) is 9.82. The maximum Gasteiger partial charge on any atom is 0.339 e. The fourth-order valence-electron chi connectivity index (χ4n) is 3.52. The number of hydrogen-bond acceptors (Lipinski definition) is 4. The van der Waals surface area contributed by atoms with Crippen molar-refractivity contribution in [1.82, 2.24) is 10.2 Å². The van der Waals surface area contributed by atoms with Gasteiger partial charge in [0.2, 0.25) is 0 Å². The summed E-state index contributed by atoms with van der Waals surface area (Å²) in [5, 5.41) is 7.18. The van der Waals surface area contributed by atoms with Crippen LogP contribution in [-0.2, 0) is 4.74 Å². The number of nitrogens with zero attached hydrogens (tertiary/aromatic N) is 1. The van der Waals surface area contributed by atoms with Gasteiger partial charge >= 0.3 is 5.97 Å². The SMILES string of the molecule is COC(=O)c1cc(NC(=S)NCCCN2C[C@H](C)C[C@@H](C)C2)ccc1Cl. The summed E-state index contributed by atoms with van der Waals surface area (Å²) in [6, 6.07) is 5.06. The molecule has 1 fully saturated rings. The van der Waals surface area contributed by atoms with E-state index in [9.17, 15) is 4.79 Å². The normalized spacial score (nSPS) is 20.5. The zero-order chi connectivity index (χ0) is 19.1. The van der Waals surface area contributed by atoms with E-state index in [1.165, 1.54) is 26.6 Å². The van der Waals surface area contributed by atoms with Gasteiger partial charge in [0, 0.05) is 25.3 Å². The molecule has 0 bridgehead atoms. The fraction of sp³-hybridized carbons (Fsp3) is 0.579. The van der Waals surface area contributed by atoms with Gasteiger partial charge in [-0.05, 0) is 61.6 Å². The molecule has 2 atom stereocenters. The van der Waals surface area contributed by atoms with Crippen LogP contribution in [0, 0.1) is 11.8 Å². The van der Waals surface area contributed by atoms with Crippen molar-refractivity contribution in [2.24, 2.45) is 11.8 Å². The van der Waals surface area contributed by atoms with E-state index in [0.29, 0.717) is 21.4 Å². The molecule has 1 aromatic carbocycles. The molecule has 1 aliphatic rings. The summed E-state index contributed by atoms with van der Waals surface area (Å²) < 4.78 is 4.72. The minimum atomic E-state index is -0.470. The molecule has 2 rings (SSSR count). The van der Waals surface area contributed by atoms with E-state index >= 15 is 0 Å². The van der Waals surface area contributed by atoms with Crippen LogP contribution in [0.15, 0.2) is 18.2 Å². The van der Waals surface area contributed by atoms with Gasteiger partial charge < -0.3 is 20.3 Å². The fourth-order valence-corrected chi connectivity index (χ4v) is 3.94. The van der Waals surface area contributed by atoms with Gasteiger partial charge in [-0.2, -0.15) is 0 Å². The molecule has 1 aliphatic heterocycles. The molecular weight excluding hydrogens is 370 g/mol. The smallest absolute Gasteiger partial charge is 0.339 e. The summed E-state index contributed by atoms with van der Waals surface area (Å²) in [7, 11) is 1.33. The van der Waals surface area contributed by atoms with Crippen LogP contribution in [0.2, 0.25) is 5.02 Å². The lowest BCUT2D eigenvalue weighted by Crippen LogP contribution is -2.40. The molecule has 144 valence electrons. The first kappa shape index (κ1) is 20.9. The number of halogens is 1. The van der Waals surface area contributed by atoms with Crippen molar-refractivity contribution in [2.45, 2.75) is 26.7 Å². The van der Waals surface area contributed by atoms with Crippen molar-refractivity contribution >= 4 is 40.6 Å². The number of likely N-dealkylation sites (tertiary alicyclic amines) is 1. The van der Waals surface area contributed by atoms with E-state index in [-0.39, 0.29) is 0 Å². The number of methoxy groups -OCH3 is 1. The zero-order valence-electron chi connectivity index (χ0n) is 15.7. The van der Waals surface area contributed by atoms with E-state index in [0.717, 1.165) is 31.3 Å². The minimum Gasteiger partial charge on any atom is -0.465 e. The molecule has 5 nitrogen and oxygen atoms in total. The highest BCUT2D eigenvalue weighted by atomic mass is 35.5. The summed E-state index contributed by atoms with van der Waals surface area (Å²) in [6.07, 6.45) is 2.37. The predicted molar refractivity (Wildman–Crippen MR) is 111 cm³/mol. The minimum absolute atomic E-state index is 0.315. The van der Waals surface area contributed by atoms with Gasteiger partial charge in [0.25, 0.3) is 0 Å². The second kappa shape index (κ2) is 10.1. The first-order chi connectivity index (χ1) is 12.4. The lowest BCUT2D eigenvalue weighted by Gasteiger charge is -2.35. The quantitative estimate of drug-likeness (QED) is 0.433. The standard InChI is InChI=1S/C19H28ClN3O2S/c1-13-9-14(2)12-23(11-13)8-4-7-21-19(26)22-15-5-6-17(20)16(10-15)18(24)25-3/h5-6,10,13-14H,4,7-9,11-12H2,1-3H3,(H2,21,22,26)/t13-,14-/m1/s1. The number of anilines is 1. The van der Waals surface area contributed by atoms with Crippen molar-refractivity contribution in [3.05, 3.63) is 28.8 Å². The number of thiocarbonyl (C=S) groups is 1. The largest absolute Gasteiger partial charge is 0.465 e. The number of rotatable bonds is 6. The van der Waals surface area contributed by atoms with Crippen molar-refractivity contribution in [2.75, 3.05) is 38.6 Å². The maximum atomic E-state index is 11.7. The summed E-state index contributed by atoms with van der Waals surface area (Å²) in [5.74, 6) is 1.09. The number of carbonyl (C=O) groups is 1. The Balaban J connectivity index is 1.74. The highest BCUT2D eigenvalue weighted by molar-refractivity contribution is 7.80. The van der Waals surface area contributed by atoms with E-state index in [2.05, 4.69) is 29.4 Å². The Morgan fingerprint density at radius 3 is 2.69 bits per heavy atom. The molecule has 0 unspecified atom stereocenters. The van der Waals surface area contributed by atoms with Crippen molar-refractivity contribution in [1.29, 1.82) is 0 Å². The molecule has 0 aromatic heterocycles. The lowest BCUT2D eigenvalue weighted by molar-refractivity contribution is 0.0601. The molecule has 7 heteroatoms. The Hall–Kier alpha value is -1.37. The third-order valence-corrected chi connectivity index (χ3v) is 5.09. The first-order valence-electron chi connectivity index (χ1n) is 9.04. The third-order valence-electron chi connectivity index (χ3n) is 4.51. The van der Waals surface area contributed by atoms with Gasteiger partial charge in [0.1, 0.15) is 0 Å².